The SMILES string of the molecule is CCCCCC(C)NS(=O)(=O)C(C)C(N)=S. The summed E-state index contributed by atoms with van der Waals surface area (Å²) in [4.78, 5) is 0.00765. The summed E-state index contributed by atoms with van der Waals surface area (Å²) in [6.45, 7) is 5.48. The van der Waals surface area contributed by atoms with E-state index in [9.17, 15) is 8.42 Å². The largest absolute Gasteiger partial charge is 0.392 e. The van der Waals surface area contributed by atoms with E-state index in [4.69, 9.17) is 5.73 Å². The third-order valence-electron chi connectivity index (χ3n) is 2.47. The fourth-order valence-corrected chi connectivity index (χ4v) is 2.86. The lowest BCUT2D eigenvalue weighted by Crippen LogP contribution is -2.43. The van der Waals surface area contributed by atoms with Gasteiger partial charge in [0.2, 0.25) is 10.0 Å². The first-order valence-corrected chi connectivity index (χ1v) is 7.57. The van der Waals surface area contributed by atoms with Crippen molar-refractivity contribution in [1.29, 1.82) is 0 Å². The molecule has 0 saturated carbocycles. The van der Waals surface area contributed by atoms with E-state index in [1.165, 1.54) is 6.92 Å². The first kappa shape index (κ1) is 15.8. The van der Waals surface area contributed by atoms with Gasteiger partial charge in [-0.15, -0.1) is 0 Å². The van der Waals surface area contributed by atoms with Crippen LogP contribution in [0.1, 0.15) is 46.5 Å². The Bertz CT molecular complexity index is 315. The van der Waals surface area contributed by atoms with Gasteiger partial charge < -0.3 is 5.73 Å². The van der Waals surface area contributed by atoms with E-state index in [2.05, 4.69) is 23.9 Å². The summed E-state index contributed by atoms with van der Waals surface area (Å²) in [5.41, 5.74) is 5.33. The molecule has 0 aliphatic carbocycles. The fourth-order valence-electron chi connectivity index (χ4n) is 1.29. The molecule has 0 amide bonds. The Labute approximate surface area is 104 Å². The van der Waals surface area contributed by atoms with Crippen LogP contribution in [0.4, 0.5) is 0 Å². The standard InChI is InChI=1S/C10H22N2O2S2/c1-4-5-6-7-8(2)12-16(13,14)9(3)10(11)15/h8-9,12H,4-7H2,1-3H3,(H2,11,15). The Morgan fingerprint density at radius 1 is 1.38 bits per heavy atom. The fraction of sp³-hybridized carbons (Fsp3) is 0.900. The van der Waals surface area contributed by atoms with Crippen molar-refractivity contribution in [2.75, 3.05) is 0 Å². The van der Waals surface area contributed by atoms with Gasteiger partial charge in [-0.1, -0.05) is 38.4 Å². The van der Waals surface area contributed by atoms with Crippen molar-refractivity contribution < 1.29 is 8.42 Å². The average Bonchev–Trinajstić information content (AvgIpc) is 2.16. The van der Waals surface area contributed by atoms with Gasteiger partial charge in [-0.25, -0.2) is 13.1 Å². The Kier molecular flexibility index (Phi) is 7.10. The highest BCUT2D eigenvalue weighted by Crippen LogP contribution is 2.06. The van der Waals surface area contributed by atoms with Crippen LogP contribution in [0.3, 0.4) is 0 Å². The predicted molar refractivity (Wildman–Crippen MR) is 71.9 cm³/mol. The smallest absolute Gasteiger partial charge is 0.220 e. The highest BCUT2D eigenvalue weighted by molar-refractivity contribution is 7.93. The predicted octanol–water partition coefficient (Wildman–Crippen LogP) is 1.55. The van der Waals surface area contributed by atoms with Gasteiger partial charge in [-0.3, -0.25) is 0 Å². The van der Waals surface area contributed by atoms with Crippen molar-refractivity contribution in [1.82, 2.24) is 4.72 Å². The molecular formula is C10H22N2O2S2. The van der Waals surface area contributed by atoms with Crippen LogP contribution in [0.5, 0.6) is 0 Å². The van der Waals surface area contributed by atoms with Gasteiger partial charge in [0.1, 0.15) is 5.25 Å². The average molecular weight is 266 g/mol. The van der Waals surface area contributed by atoms with Crippen LogP contribution in [0, 0.1) is 0 Å². The first-order valence-electron chi connectivity index (χ1n) is 5.61. The summed E-state index contributed by atoms with van der Waals surface area (Å²) >= 11 is 4.68. The van der Waals surface area contributed by atoms with Crippen molar-refractivity contribution >= 4 is 27.2 Å². The summed E-state index contributed by atoms with van der Waals surface area (Å²) < 4.78 is 26.1. The minimum atomic E-state index is -3.41. The summed E-state index contributed by atoms with van der Waals surface area (Å²) in [6.07, 6.45) is 4.12. The molecule has 6 heteroatoms. The molecule has 0 spiro atoms. The topological polar surface area (TPSA) is 72.2 Å². The highest BCUT2D eigenvalue weighted by Gasteiger charge is 2.24. The maximum atomic E-state index is 11.7. The minimum Gasteiger partial charge on any atom is -0.392 e. The second kappa shape index (κ2) is 7.19. The molecule has 0 aromatic carbocycles. The van der Waals surface area contributed by atoms with Crippen LogP contribution in [-0.2, 0) is 10.0 Å². The van der Waals surface area contributed by atoms with E-state index >= 15 is 0 Å². The number of sulfonamides is 1. The van der Waals surface area contributed by atoms with Crippen LogP contribution in [0.15, 0.2) is 0 Å². The van der Waals surface area contributed by atoms with Crippen molar-refractivity contribution in [3.63, 3.8) is 0 Å². The van der Waals surface area contributed by atoms with Gasteiger partial charge in [0.15, 0.2) is 0 Å². The number of rotatable bonds is 8. The lowest BCUT2D eigenvalue weighted by Gasteiger charge is -2.17. The third kappa shape index (κ3) is 5.77. The van der Waals surface area contributed by atoms with Crippen LogP contribution in [0.2, 0.25) is 0 Å². The second-order valence-corrected chi connectivity index (χ2v) is 6.61. The highest BCUT2D eigenvalue weighted by atomic mass is 32.2. The second-order valence-electron chi connectivity index (χ2n) is 4.10. The van der Waals surface area contributed by atoms with Crippen LogP contribution >= 0.6 is 12.2 Å². The van der Waals surface area contributed by atoms with E-state index in [0.29, 0.717) is 0 Å². The number of unbranched alkanes of at least 4 members (excludes halogenated alkanes) is 2. The van der Waals surface area contributed by atoms with E-state index in [0.717, 1.165) is 25.7 Å². The van der Waals surface area contributed by atoms with Gasteiger partial charge in [0, 0.05) is 6.04 Å². The number of hydrogen-bond donors (Lipinski definition) is 2. The molecular weight excluding hydrogens is 244 g/mol. The minimum absolute atomic E-state index is 0.00765. The molecule has 0 saturated heterocycles. The summed E-state index contributed by atoms with van der Waals surface area (Å²) in [5, 5.41) is -0.809. The van der Waals surface area contributed by atoms with E-state index in [1.807, 2.05) is 6.92 Å². The molecule has 0 aliphatic heterocycles. The van der Waals surface area contributed by atoms with E-state index in [-0.39, 0.29) is 11.0 Å². The number of nitrogens with one attached hydrogen (secondary N) is 1. The number of hydrogen-bond acceptors (Lipinski definition) is 3. The Morgan fingerprint density at radius 3 is 2.38 bits per heavy atom. The lowest BCUT2D eigenvalue weighted by atomic mass is 10.1. The van der Waals surface area contributed by atoms with Gasteiger partial charge in [-0.2, -0.15) is 0 Å². The molecule has 16 heavy (non-hydrogen) atoms. The molecule has 0 aromatic heterocycles. The molecule has 4 nitrogen and oxygen atoms in total. The molecule has 3 N–H and O–H groups in total. The Hall–Kier alpha value is -0.200. The summed E-state index contributed by atoms with van der Waals surface area (Å²) in [6, 6.07) is -0.0617. The van der Waals surface area contributed by atoms with E-state index in [1.54, 1.807) is 0 Å². The third-order valence-corrected chi connectivity index (χ3v) is 4.89. The quantitative estimate of drug-likeness (QED) is 0.516. The van der Waals surface area contributed by atoms with Crippen LogP contribution < -0.4 is 10.5 Å². The zero-order valence-electron chi connectivity index (χ0n) is 10.2. The van der Waals surface area contributed by atoms with Crippen molar-refractivity contribution in [2.24, 2.45) is 5.73 Å². The van der Waals surface area contributed by atoms with Gasteiger partial charge in [0.05, 0.1) is 4.99 Å². The number of nitrogens with two attached hydrogens (primary N) is 1. The molecule has 0 bridgehead atoms. The summed E-state index contributed by atoms with van der Waals surface area (Å²) in [5.74, 6) is 0. The molecule has 96 valence electrons. The van der Waals surface area contributed by atoms with Crippen molar-refractivity contribution in [2.45, 2.75) is 57.7 Å². The van der Waals surface area contributed by atoms with Crippen molar-refractivity contribution in [3.8, 4) is 0 Å². The first-order chi connectivity index (χ1) is 7.31. The van der Waals surface area contributed by atoms with Crippen molar-refractivity contribution in [3.05, 3.63) is 0 Å². The Balaban J connectivity index is 4.21. The summed E-state index contributed by atoms with van der Waals surface area (Å²) in [7, 11) is -3.41. The molecule has 2 atom stereocenters. The molecule has 0 fully saturated rings. The normalized spacial score (nSPS) is 15.7. The maximum Gasteiger partial charge on any atom is 0.220 e. The number of thiocarbonyl (C=S) groups is 1. The Morgan fingerprint density at radius 2 is 1.94 bits per heavy atom. The molecule has 0 radical (unpaired) electrons. The molecule has 2 unspecified atom stereocenters. The lowest BCUT2D eigenvalue weighted by molar-refractivity contribution is 0.525. The zero-order chi connectivity index (χ0) is 12.8. The van der Waals surface area contributed by atoms with E-state index < -0.39 is 15.3 Å². The molecule has 0 aromatic rings. The zero-order valence-corrected chi connectivity index (χ0v) is 11.8. The maximum absolute atomic E-state index is 11.7. The molecule has 0 aliphatic rings. The van der Waals surface area contributed by atoms with Gasteiger partial charge >= 0.3 is 0 Å². The van der Waals surface area contributed by atoms with Crippen LogP contribution in [-0.4, -0.2) is 24.7 Å². The van der Waals surface area contributed by atoms with Gasteiger partial charge in [-0.05, 0) is 20.3 Å². The monoisotopic (exact) mass is 266 g/mol. The molecule has 0 heterocycles. The van der Waals surface area contributed by atoms with Gasteiger partial charge in [0.25, 0.3) is 0 Å². The van der Waals surface area contributed by atoms with Crippen LogP contribution in [0.25, 0.3) is 0 Å². The molecule has 0 rings (SSSR count).